The number of carbonyl (C=O) groups is 1. The summed E-state index contributed by atoms with van der Waals surface area (Å²) in [6.07, 6.45) is 7.29. The van der Waals surface area contributed by atoms with Gasteiger partial charge in [0.2, 0.25) is 5.91 Å². The molecule has 15 heavy (non-hydrogen) atoms. The molecular weight excluding hydrogens is 267 g/mol. The fourth-order valence-electron chi connectivity index (χ4n) is 1.60. The number of amidine groups is 1. The molecule has 0 saturated carbocycles. The Labute approximate surface area is 114 Å². The molecule has 2 rings (SSSR count). The van der Waals surface area contributed by atoms with E-state index in [1.165, 1.54) is 0 Å². The van der Waals surface area contributed by atoms with Crippen LogP contribution < -0.4 is 5.32 Å². The number of hydrogen-bond acceptors (Lipinski definition) is 2. The molecule has 0 saturated heterocycles. The summed E-state index contributed by atoms with van der Waals surface area (Å²) in [5.41, 5.74) is 0.670. The maximum Gasteiger partial charge on any atom is 0.295 e. The topological polar surface area (TPSA) is 44.5 Å². The van der Waals surface area contributed by atoms with Crippen LogP contribution in [0.5, 0.6) is 0 Å². The molecule has 0 aromatic heterocycles. The van der Waals surface area contributed by atoms with E-state index in [1.54, 1.807) is 12.3 Å². The van der Waals surface area contributed by atoms with Gasteiger partial charge in [0.1, 0.15) is 0 Å². The van der Waals surface area contributed by atoms with Crippen LogP contribution in [-0.2, 0) is 37.5 Å². The van der Waals surface area contributed by atoms with Crippen molar-refractivity contribution in [3.8, 4) is 0 Å². The zero-order chi connectivity index (χ0) is 10.1. The zero-order valence-corrected chi connectivity index (χ0v) is 11.3. The van der Waals surface area contributed by atoms with E-state index < -0.39 is 0 Å². The third-order valence-corrected chi connectivity index (χ3v) is 2.34. The Hall–Kier alpha value is -0.606. The van der Waals surface area contributed by atoms with Crippen molar-refractivity contribution in [3.05, 3.63) is 31.0 Å². The van der Waals surface area contributed by atoms with Crippen LogP contribution >= 0.6 is 0 Å². The van der Waals surface area contributed by atoms with Crippen LogP contribution in [0.3, 0.4) is 0 Å². The molecule has 1 radical (unpaired) electrons. The van der Waals surface area contributed by atoms with Crippen LogP contribution in [0, 0.1) is 7.05 Å². The molecule has 1 atom stereocenters. The van der Waals surface area contributed by atoms with E-state index in [1.807, 2.05) is 23.8 Å². The number of hydrogen-bond donors (Lipinski definition) is 1. The normalized spacial score (nSPS) is 22.0. The molecule has 0 aromatic rings. The zero-order valence-electron chi connectivity index (χ0n) is 8.47. The molecule has 4 nitrogen and oxygen atoms in total. The minimum atomic E-state index is -0.162. The van der Waals surface area contributed by atoms with Gasteiger partial charge in [-0.2, -0.15) is 0 Å². The van der Waals surface area contributed by atoms with Crippen LogP contribution in [0.25, 0.3) is 0 Å². The smallest absolute Gasteiger partial charge is 0.295 e. The first-order chi connectivity index (χ1) is 6.74. The van der Waals surface area contributed by atoms with Gasteiger partial charge in [-0.1, -0.05) is 4.99 Å². The van der Waals surface area contributed by atoms with Crippen LogP contribution in [0.2, 0.25) is 0 Å². The first-order valence-electron chi connectivity index (χ1n) is 4.36. The van der Waals surface area contributed by atoms with Crippen molar-refractivity contribution in [3.63, 3.8) is 0 Å². The molecule has 0 aliphatic carbocycles. The van der Waals surface area contributed by atoms with Crippen molar-refractivity contribution < 1.29 is 42.1 Å². The maximum atomic E-state index is 11.4. The van der Waals surface area contributed by atoms with Crippen molar-refractivity contribution >= 4 is 18.0 Å². The first-order valence-corrected chi connectivity index (χ1v) is 4.36. The summed E-state index contributed by atoms with van der Waals surface area (Å²) in [5.74, 6) is 0.735. The molecule has 2 heterocycles. The minimum absolute atomic E-state index is 0. The number of fused-ring (bicyclic) bond motifs is 1. The molecule has 75 valence electrons. The van der Waals surface area contributed by atoms with Gasteiger partial charge < -0.3 is 5.32 Å². The molecule has 0 spiro atoms. The van der Waals surface area contributed by atoms with Crippen molar-refractivity contribution in [2.45, 2.75) is 13.0 Å². The van der Waals surface area contributed by atoms with Crippen LogP contribution in [0.1, 0.15) is 6.92 Å². The maximum absolute atomic E-state index is 11.4. The van der Waals surface area contributed by atoms with Crippen molar-refractivity contribution in [1.82, 2.24) is 5.32 Å². The van der Waals surface area contributed by atoms with Gasteiger partial charge >= 0.3 is 0 Å². The van der Waals surface area contributed by atoms with Crippen LogP contribution in [-0.4, -0.2) is 28.6 Å². The third-order valence-electron chi connectivity index (χ3n) is 2.34. The second-order valence-electron chi connectivity index (χ2n) is 3.15. The predicted molar refractivity (Wildman–Crippen MR) is 53.9 cm³/mol. The van der Waals surface area contributed by atoms with Crippen LogP contribution in [0.4, 0.5) is 0 Å². The second kappa shape index (κ2) is 4.95. The van der Waals surface area contributed by atoms with E-state index in [4.69, 9.17) is 0 Å². The number of rotatable bonds is 1. The van der Waals surface area contributed by atoms with Gasteiger partial charge in [0.25, 0.3) is 5.84 Å². The molecule has 0 aromatic carbocycles. The van der Waals surface area contributed by atoms with E-state index in [0.717, 1.165) is 5.84 Å². The summed E-state index contributed by atoms with van der Waals surface area (Å²) in [6.45, 7) is 1.91. The molecule has 1 unspecified atom stereocenters. The van der Waals surface area contributed by atoms with Gasteiger partial charge in [-0.05, 0) is 12.2 Å². The summed E-state index contributed by atoms with van der Waals surface area (Å²) in [4.78, 5) is 15.6. The second-order valence-corrected chi connectivity index (χ2v) is 3.15. The standard InChI is InChI=1S/C10H11N3O.Y/c1-7-12-6-9-8(10(14)11-2)4-3-5-13(7)9;/h3-6,9H,2H2,1H3,(H,11,14);. The largest absolute Gasteiger partial charge is 0.504 e. The Bertz CT molecular complexity index is 407. The molecular formula is C10H11N3OY. The number of nitrogens with zero attached hydrogens (tertiary/aromatic N) is 2. The van der Waals surface area contributed by atoms with E-state index in [9.17, 15) is 4.79 Å². The summed E-state index contributed by atoms with van der Waals surface area (Å²) >= 11 is 0. The van der Waals surface area contributed by atoms with E-state index >= 15 is 0 Å². The summed E-state index contributed by atoms with van der Waals surface area (Å²) < 4.78 is 1.95. The fraction of sp³-hybridized carbons (Fsp3) is 0.200. The van der Waals surface area contributed by atoms with Gasteiger partial charge in [0.15, 0.2) is 12.3 Å². The number of aliphatic imine (C=N–C) groups is 1. The Morgan fingerprint density at radius 2 is 2.40 bits per heavy atom. The molecule has 0 bridgehead atoms. The molecule has 5 heteroatoms. The van der Waals surface area contributed by atoms with Gasteiger partial charge in [0.05, 0.1) is 11.8 Å². The monoisotopic (exact) mass is 278 g/mol. The Morgan fingerprint density at radius 1 is 1.67 bits per heavy atom. The van der Waals surface area contributed by atoms with Crippen molar-refractivity contribution in [2.24, 2.45) is 4.99 Å². The van der Waals surface area contributed by atoms with Crippen LogP contribution in [0.15, 0.2) is 28.9 Å². The summed E-state index contributed by atoms with van der Waals surface area (Å²) in [6, 6.07) is -0.0678. The first kappa shape index (κ1) is 12.5. The van der Waals surface area contributed by atoms with Gasteiger partial charge in [-0.25, -0.2) is 4.58 Å². The van der Waals surface area contributed by atoms with E-state index in [-0.39, 0.29) is 44.7 Å². The molecule has 2 aliphatic rings. The number of allylic oxidation sites excluding steroid dienone is 2. The predicted octanol–water partition coefficient (Wildman–Crippen LogP) is 0.229. The van der Waals surface area contributed by atoms with Gasteiger partial charge in [0, 0.05) is 39.6 Å². The molecule has 1 amide bonds. The molecule has 1 N–H and O–H groups in total. The average molecular weight is 278 g/mol. The van der Waals surface area contributed by atoms with Gasteiger partial charge in [-0.3, -0.25) is 11.8 Å². The fourth-order valence-corrected chi connectivity index (χ4v) is 1.60. The number of nitrogens with one attached hydrogen (secondary N) is 1. The minimum Gasteiger partial charge on any atom is -0.504 e. The van der Waals surface area contributed by atoms with E-state index in [2.05, 4.69) is 17.4 Å². The quantitative estimate of drug-likeness (QED) is 0.541. The Morgan fingerprint density at radius 3 is 3.07 bits per heavy atom. The molecule has 0 fully saturated rings. The Balaban J connectivity index is 0.00000112. The summed E-state index contributed by atoms with van der Waals surface area (Å²) in [7, 11) is 3.36. The Kier molecular flexibility index (Phi) is 4.11. The summed E-state index contributed by atoms with van der Waals surface area (Å²) in [5, 5.41) is 2.37. The number of amides is 1. The van der Waals surface area contributed by atoms with Gasteiger partial charge in [-0.15, -0.1) is 0 Å². The van der Waals surface area contributed by atoms with Crippen molar-refractivity contribution in [2.75, 3.05) is 0 Å². The van der Waals surface area contributed by atoms with E-state index in [0.29, 0.717) is 5.57 Å². The average Bonchev–Trinajstić information content (AvgIpc) is 2.59. The van der Waals surface area contributed by atoms with Crippen molar-refractivity contribution in [1.29, 1.82) is 0 Å². The third kappa shape index (κ3) is 2.16. The number of carbonyl (C=O) groups excluding carboxylic acids is 1. The SMILES string of the molecule is [CH2-]NC(=O)C1=CC=C[N+]2=C(C)N=CC12.[Y]. The molecule has 2 aliphatic heterocycles.